The van der Waals surface area contributed by atoms with Crippen LogP contribution in [0.4, 0.5) is 11.4 Å². The fourth-order valence-electron chi connectivity index (χ4n) is 3.00. The molecule has 6 heteroatoms. The molecule has 0 amide bonds. The highest BCUT2D eigenvalue weighted by atomic mass is 32.3. The topological polar surface area (TPSA) is 66.8 Å². The average molecular weight is 333 g/mol. The number of rotatable bonds is 5. The Bertz CT molecular complexity index is 741. The van der Waals surface area contributed by atoms with Crippen molar-refractivity contribution in [1.82, 2.24) is 0 Å². The van der Waals surface area contributed by atoms with Gasteiger partial charge in [-0.3, -0.25) is 4.55 Å². The zero-order valence-electron chi connectivity index (χ0n) is 12.7. The number of aryl methyl sites for hydroxylation is 2. The molecule has 0 atom stereocenters. The molecule has 0 radical (unpaired) electrons. The second kappa shape index (κ2) is 6.70. The Kier molecular flexibility index (Phi) is 4.66. The summed E-state index contributed by atoms with van der Waals surface area (Å²) in [5.41, 5.74) is 4.84. The van der Waals surface area contributed by atoms with Crippen molar-refractivity contribution < 1.29 is 17.2 Å². The number of hydrogen-bond acceptors (Lipinski definition) is 4. The van der Waals surface area contributed by atoms with Crippen molar-refractivity contribution in [3.8, 4) is 0 Å². The summed E-state index contributed by atoms with van der Waals surface area (Å²) in [6.45, 7) is 0.573. The number of benzene rings is 2. The summed E-state index contributed by atoms with van der Waals surface area (Å²) in [4.78, 5) is 2.20. The maximum atomic E-state index is 10.7. The smallest absolute Gasteiger partial charge is 0.341 e. The van der Waals surface area contributed by atoms with Crippen LogP contribution in [0.1, 0.15) is 17.5 Å². The van der Waals surface area contributed by atoms with E-state index in [0.29, 0.717) is 13.0 Å². The molecular weight excluding hydrogens is 314 g/mol. The number of hydrogen-bond donors (Lipinski definition) is 1. The minimum absolute atomic E-state index is 0.0420. The third-order valence-corrected chi connectivity index (χ3v) is 4.45. The van der Waals surface area contributed by atoms with Crippen LogP contribution < -0.4 is 4.90 Å². The quantitative estimate of drug-likeness (QED) is 0.672. The monoisotopic (exact) mass is 333 g/mol. The summed E-state index contributed by atoms with van der Waals surface area (Å²) in [5, 5.41) is 0. The lowest BCUT2D eigenvalue weighted by Gasteiger charge is -2.26. The molecule has 1 N–H and O–H groups in total. The van der Waals surface area contributed by atoms with Gasteiger partial charge in [0, 0.05) is 17.9 Å². The van der Waals surface area contributed by atoms with Crippen molar-refractivity contribution >= 4 is 21.8 Å². The number of nitrogens with zero attached hydrogens (tertiary/aromatic N) is 1. The average Bonchev–Trinajstić information content (AvgIpc) is 2.68. The molecule has 1 aliphatic heterocycles. The van der Waals surface area contributed by atoms with Crippen LogP contribution in [0.5, 0.6) is 0 Å². The zero-order chi connectivity index (χ0) is 16.3. The van der Waals surface area contributed by atoms with Crippen molar-refractivity contribution in [2.24, 2.45) is 0 Å². The first kappa shape index (κ1) is 16.0. The van der Waals surface area contributed by atoms with Crippen LogP contribution in [0.25, 0.3) is 0 Å². The highest BCUT2D eigenvalue weighted by Crippen LogP contribution is 2.35. The van der Waals surface area contributed by atoms with E-state index in [1.54, 1.807) is 0 Å². The van der Waals surface area contributed by atoms with Gasteiger partial charge in [-0.25, -0.2) is 4.18 Å². The van der Waals surface area contributed by atoms with Crippen LogP contribution in [0, 0.1) is 0 Å². The molecular formula is C17H19NO4S. The molecule has 2 aromatic rings. The molecule has 1 heterocycles. The van der Waals surface area contributed by atoms with Gasteiger partial charge in [-0.2, -0.15) is 8.42 Å². The van der Waals surface area contributed by atoms with Crippen LogP contribution in [-0.4, -0.2) is 26.1 Å². The molecule has 122 valence electrons. The Balaban J connectivity index is 1.85. The molecule has 0 saturated carbocycles. The van der Waals surface area contributed by atoms with Crippen molar-refractivity contribution in [3.05, 3.63) is 59.7 Å². The van der Waals surface area contributed by atoms with Gasteiger partial charge in [-0.1, -0.05) is 36.4 Å². The van der Waals surface area contributed by atoms with Gasteiger partial charge in [0.05, 0.1) is 6.61 Å². The second-order valence-electron chi connectivity index (χ2n) is 5.51. The van der Waals surface area contributed by atoms with Crippen LogP contribution in [0.3, 0.4) is 0 Å². The second-order valence-corrected chi connectivity index (χ2v) is 6.60. The lowest BCUT2D eigenvalue weighted by Crippen LogP contribution is -2.21. The standard InChI is InChI=1S/C17H19NO4S/c19-23(20,21)22-13-5-12-18-16-8-3-1-6-14(16)10-11-15-7-2-4-9-17(15)18/h1-4,6-9H,5,10-13H2,(H,19,20,21). The van der Waals surface area contributed by atoms with Crippen molar-refractivity contribution in [3.63, 3.8) is 0 Å². The van der Waals surface area contributed by atoms with E-state index in [1.165, 1.54) is 11.1 Å². The van der Waals surface area contributed by atoms with Gasteiger partial charge in [0.25, 0.3) is 0 Å². The van der Waals surface area contributed by atoms with E-state index in [0.717, 1.165) is 24.2 Å². The third kappa shape index (κ3) is 3.90. The first-order valence-corrected chi connectivity index (χ1v) is 8.96. The van der Waals surface area contributed by atoms with Gasteiger partial charge < -0.3 is 4.90 Å². The molecule has 1 aliphatic rings. The molecule has 5 nitrogen and oxygen atoms in total. The van der Waals surface area contributed by atoms with Crippen LogP contribution >= 0.6 is 0 Å². The molecule has 0 unspecified atom stereocenters. The molecule has 3 rings (SSSR count). The van der Waals surface area contributed by atoms with E-state index in [2.05, 4.69) is 33.3 Å². The predicted octanol–water partition coefficient (Wildman–Crippen LogP) is 3.13. The van der Waals surface area contributed by atoms with Gasteiger partial charge in [-0.15, -0.1) is 0 Å². The predicted molar refractivity (Wildman–Crippen MR) is 89.4 cm³/mol. The lowest BCUT2D eigenvalue weighted by atomic mass is 10.0. The fraction of sp³-hybridized carbons (Fsp3) is 0.294. The Hall–Kier alpha value is -1.89. The lowest BCUT2D eigenvalue weighted by molar-refractivity contribution is 0.266. The van der Waals surface area contributed by atoms with Gasteiger partial charge in [0.15, 0.2) is 0 Å². The number of fused-ring (bicyclic) bond motifs is 2. The maximum Gasteiger partial charge on any atom is 0.397 e. The summed E-state index contributed by atoms with van der Waals surface area (Å²) in [6, 6.07) is 16.5. The Morgan fingerprint density at radius 3 is 2.00 bits per heavy atom. The minimum atomic E-state index is -4.37. The summed E-state index contributed by atoms with van der Waals surface area (Å²) in [6.07, 6.45) is 2.44. The molecule has 23 heavy (non-hydrogen) atoms. The van der Waals surface area contributed by atoms with E-state index in [9.17, 15) is 8.42 Å². The molecule has 0 spiro atoms. The number of anilines is 2. The van der Waals surface area contributed by atoms with E-state index in [4.69, 9.17) is 4.55 Å². The Morgan fingerprint density at radius 2 is 1.48 bits per heavy atom. The molecule has 0 fully saturated rings. The van der Waals surface area contributed by atoms with Crippen molar-refractivity contribution in [1.29, 1.82) is 0 Å². The highest BCUT2D eigenvalue weighted by molar-refractivity contribution is 7.80. The fourth-order valence-corrected chi connectivity index (χ4v) is 3.33. The maximum absolute atomic E-state index is 10.7. The third-order valence-electron chi connectivity index (χ3n) is 3.99. The normalized spacial score (nSPS) is 14.0. The van der Waals surface area contributed by atoms with Crippen LogP contribution in [0.2, 0.25) is 0 Å². The van der Waals surface area contributed by atoms with E-state index in [-0.39, 0.29) is 6.61 Å². The van der Waals surface area contributed by atoms with Gasteiger partial charge in [0.2, 0.25) is 0 Å². The van der Waals surface area contributed by atoms with E-state index in [1.807, 2.05) is 24.3 Å². The highest BCUT2D eigenvalue weighted by Gasteiger charge is 2.19. The summed E-state index contributed by atoms with van der Waals surface area (Å²) < 4.78 is 34.4. The van der Waals surface area contributed by atoms with Gasteiger partial charge in [0.1, 0.15) is 0 Å². The first-order chi connectivity index (χ1) is 11.0. The molecule has 0 bridgehead atoms. The minimum Gasteiger partial charge on any atom is -0.341 e. The van der Waals surface area contributed by atoms with Gasteiger partial charge >= 0.3 is 10.4 Å². The Labute approximate surface area is 136 Å². The van der Waals surface area contributed by atoms with Gasteiger partial charge in [-0.05, 0) is 42.5 Å². The number of para-hydroxylation sites is 2. The van der Waals surface area contributed by atoms with Crippen LogP contribution in [-0.2, 0) is 27.4 Å². The summed E-state index contributed by atoms with van der Waals surface area (Å²) >= 11 is 0. The SMILES string of the molecule is O=S(=O)(O)OCCCN1c2ccccc2CCc2ccccc21. The molecule has 0 saturated heterocycles. The first-order valence-electron chi connectivity index (χ1n) is 7.60. The largest absolute Gasteiger partial charge is 0.397 e. The summed E-state index contributed by atoms with van der Waals surface area (Å²) in [5.74, 6) is 0. The Morgan fingerprint density at radius 1 is 0.957 bits per heavy atom. The van der Waals surface area contributed by atoms with Crippen LogP contribution in [0.15, 0.2) is 48.5 Å². The molecule has 0 aliphatic carbocycles. The van der Waals surface area contributed by atoms with Crippen molar-refractivity contribution in [2.75, 3.05) is 18.1 Å². The molecule has 2 aromatic carbocycles. The van der Waals surface area contributed by atoms with E-state index < -0.39 is 10.4 Å². The molecule has 0 aromatic heterocycles. The zero-order valence-corrected chi connectivity index (χ0v) is 13.5. The summed E-state index contributed by atoms with van der Waals surface area (Å²) in [7, 11) is -4.37. The van der Waals surface area contributed by atoms with E-state index >= 15 is 0 Å². The van der Waals surface area contributed by atoms with Crippen molar-refractivity contribution in [2.45, 2.75) is 19.3 Å².